The quantitative estimate of drug-likeness (QED) is 0.206. The minimum Gasteiger partial charge on any atom is -0.488 e. The van der Waals surface area contributed by atoms with Gasteiger partial charge in [-0.3, -0.25) is 4.99 Å². The van der Waals surface area contributed by atoms with Gasteiger partial charge in [0.1, 0.15) is 12.4 Å². The molecule has 0 saturated heterocycles. The first-order valence-corrected chi connectivity index (χ1v) is 14.6. The number of rotatable bonds is 9. The lowest BCUT2D eigenvalue weighted by Gasteiger charge is -2.37. The van der Waals surface area contributed by atoms with Crippen LogP contribution in [-0.2, 0) is 17.2 Å². The number of benzene rings is 3. The number of hydrogen-bond donors (Lipinski definition) is 0. The predicted octanol–water partition coefficient (Wildman–Crippen LogP) is 9.11. The van der Waals surface area contributed by atoms with Crippen LogP contribution in [0.1, 0.15) is 96.0 Å². The van der Waals surface area contributed by atoms with Gasteiger partial charge in [0.15, 0.2) is 0 Å². The largest absolute Gasteiger partial charge is 0.488 e. The Morgan fingerprint density at radius 2 is 1.41 bits per heavy atom. The van der Waals surface area contributed by atoms with Gasteiger partial charge in [-0.1, -0.05) is 115 Å². The molecule has 0 spiro atoms. The molecule has 3 heteroatoms. The van der Waals surface area contributed by atoms with Crippen LogP contribution >= 0.6 is 8.58 Å². The highest BCUT2D eigenvalue weighted by molar-refractivity contribution is 7.48. The van der Waals surface area contributed by atoms with Crippen LogP contribution in [0.25, 0.3) is 0 Å². The molecule has 3 aromatic carbocycles. The summed E-state index contributed by atoms with van der Waals surface area (Å²) in [6, 6.07) is 24.0. The summed E-state index contributed by atoms with van der Waals surface area (Å²) < 4.78 is 6.78. The van der Waals surface area contributed by atoms with Crippen LogP contribution in [0.5, 0.6) is 5.75 Å². The van der Waals surface area contributed by atoms with Crippen molar-refractivity contribution in [3.63, 3.8) is 0 Å². The monoisotopic (exact) mass is 515 g/mol. The highest BCUT2D eigenvalue weighted by Gasteiger charge is 2.35. The molecule has 0 aromatic heterocycles. The molecule has 1 unspecified atom stereocenters. The molecule has 0 saturated carbocycles. The predicted molar refractivity (Wildman–Crippen MR) is 165 cm³/mol. The molecule has 1 atom stereocenters. The van der Waals surface area contributed by atoms with E-state index in [0.717, 1.165) is 18.6 Å². The smallest absolute Gasteiger partial charge is 0.127 e. The van der Waals surface area contributed by atoms with Crippen molar-refractivity contribution in [2.45, 2.75) is 97.9 Å². The van der Waals surface area contributed by atoms with Crippen molar-refractivity contribution in [2.24, 2.45) is 4.99 Å². The summed E-state index contributed by atoms with van der Waals surface area (Å²) in [7, 11) is 0.608. The number of hydrogen-bond acceptors (Lipinski definition) is 2. The average Bonchev–Trinajstić information content (AvgIpc) is 2.85. The van der Waals surface area contributed by atoms with E-state index in [4.69, 9.17) is 9.73 Å². The second-order valence-corrected chi connectivity index (χ2v) is 13.9. The van der Waals surface area contributed by atoms with Crippen LogP contribution in [0, 0.1) is 6.92 Å². The van der Waals surface area contributed by atoms with Crippen LogP contribution in [0.2, 0.25) is 0 Å². The lowest BCUT2D eigenvalue weighted by atomic mass is 9.80. The normalized spacial score (nSPS) is 13.1. The lowest BCUT2D eigenvalue weighted by molar-refractivity contribution is 0.289. The Balaban J connectivity index is 2.16. The molecule has 2 nitrogen and oxygen atoms in total. The minimum atomic E-state index is -0.0978. The standard InChI is InChI=1S/C34H46NOP/c1-10-34(11-2,37-30-20-16-15-19-27(30)23-35-33(7,8)9)29-22-25(3)21-28(32(4,5)6)31(29)36-24-26-17-13-12-14-18-26/h12-23,37H,10-11,24H2,1-9H3/b35-23+. The van der Waals surface area contributed by atoms with E-state index in [0.29, 0.717) is 15.2 Å². The molecule has 37 heavy (non-hydrogen) atoms. The summed E-state index contributed by atoms with van der Waals surface area (Å²) in [6.07, 6.45) is 4.16. The Morgan fingerprint density at radius 1 is 0.811 bits per heavy atom. The molecule has 198 valence electrons. The van der Waals surface area contributed by atoms with E-state index in [1.807, 2.05) is 0 Å². The fraction of sp³-hybridized carbons (Fsp3) is 0.441. The first kappa shape index (κ1) is 29.1. The second-order valence-electron chi connectivity index (χ2n) is 12.1. The number of aryl methyl sites for hydroxylation is 1. The summed E-state index contributed by atoms with van der Waals surface area (Å²) in [4.78, 5) is 4.84. The van der Waals surface area contributed by atoms with Gasteiger partial charge in [0.25, 0.3) is 0 Å². The van der Waals surface area contributed by atoms with Crippen LogP contribution < -0.4 is 10.0 Å². The molecule has 0 aliphatic carbocycles. The van der Waals surface area contributed by atoms with Gasteiger partial charge in [0.2, 0.25) is 0 Å². The second kappa shape index (κ2) is 12.0. The van der Waals surface area contributed by atoms with Gasteiger partial charge in [-0.25, -0.2) is 0 Å². The maximum absolute atomic E-state index is 6.78. The van der Waals surface area contributed by atoms with Crippen LogP contribution in [-0.4, -0.2) is 11.8 Å². The third-order valence-corrected chi connectivity index (χ3v) is 9.10. The molecule has 0 aliphatic heterocycles. The van der Waals surface area contributed by atoms with Gasteiger partial charge in [-0.2, -0.15) is 0 Å². The molecule has 0 heterocycles. The molecular formula is C34H46NOP. The molecule has 3 aromatic rings. The highest BCUT2D eigenvalue weighted by atomic mass is 31.1. The van der Waals surface area contributed by atoms with E-state index < -0.39 is 0 Å². The van der Waals surface area contributed by atoms with Gasteiger partial charge in [-0.15, -0.1) is 0 Å². The fourth-order valence-electron chi connectivity index (χ4n) is 4.69. The summed E-state index contributed by atoms with van der Waals surface area (Å²) in [5.41, 5.74) is 6.22. The summed E-state index contributed by atoms with van der Waals surface area (Å²) in [5.74, 6) is 1.07. The number of aliphatic imine (C=N–C) groups is 1. The van der Waals surface area contributed by atoms with Gasteiger partial charge in [-0.05, 0) is 62.4 Å². The van der Waals surface area contributed by atoms with Crippen LogP contribution in [0.4, 0.5) is 0 Å². The number of ether oxygens (including phenoxy) is 1. The van der Waals surface area contributed by atoms with Crippen molar-refractivity contribution in [1.29, 1.82) is 0 Å². The molecule has 0 bridgehead atoms. The van der Waals surface area contributed by atoms with Crippen LogP contribution in [0.3, 0.4) is 0 Å². The van der Waals surface area contributed by atoms with E-state index in [1.54, 1.807) is 0 Å². The summed E-state index contributed by atoms with van der Waals surface area (Å²) >= 11 is 0. The Morgan fingerprint density at radius 3 is 2.00 bits per heavy atom. The SMILES string of the molecule is CCC(CC)(Pc1ccccc1/C=N/C(C)(C)C)c1cc(C)cc(C(C)(C)C)c1OCc1ccccc1. The molecule has 0 N–H and O–H groups in total. The first-order valence-electron chi connectivity index (χ1n) is 13.6. The Labute approximate surface area is 227 Å². The fourth-order valence-corrected chi connectivity index (χ4v) is 6.35. The summed E-state index contributed by atoms with van der Waals surface area (Å²) in [5, 5.41) is 1.34. The van der Waals surface area contributed by atoms with E-state index in [2.05, 4.69) is 135 Å². The van der Waals surface area contributed by atoms with Crippen LogP contribution in [0.15, 0.2) is 71.7 Å². The molecule has 0 aliphatic rings. The summed E-state index contributed by atoms with van der Waals surface area (Å²) in [6.45, 7) is 20.8. The van der Waals surface area contributed by atoms with E-state index >= 15 is 0 Å². The lowest BCUT2D eigenvalue weighted by Crippen LogP contribution is -2.26. The van der Waals surface area contributed by atoms with Gasteiger partial charge in [0, 0.05) is 22.5 Å². The van der Waals surface area contributed by atoms with E-state index in [1.165, 1.54) is 33.1 Å². The average molecular weight is 516 g/mol. The number of nitrogens with zero attached hydrogens (tertiary/aromatic N) is 1. The van der Waals surface area contributed by atoms with E-state index in [9.17, 15) is 0 Å². The zero-order valence-electron chi connectivity index (χ0n) is 24.4. The minimum absolute atomic E-state index is 0.0241. The van der Waals surface area contributed by atoms with E-state index in [-0.39, 0.29) is 16.1 Å². The third-order valence-electron chi connectivity index (χ3n) is 6.92. The Bertz CT molecular complexity index is 1190. The van der Waals surface area contributed by atoms with Gasteiger partial charge < -0.3 is 4.74 Å². The van der Waals surface area contributed by atoms with Gasteiger partial charge in [0.05, 0.1) is 5.54 Å². The maximum Gasteiger partial charge on any atom is 0.127 e. The molecule has 3 rings (SSSR count). The van der Waals surface area contributed by atoms with Crippen molar-refractivity contribution in [3.8, 4) is 5.75 Å². The third kappa shape index (κ3) is 7.55. The topological polar surface area (TPSA) is 21.6 Å². The zero-order chi connectivity index (χ0) is 27.3. The molecule has 0 radical (unpaired) electrons. The molecular weight excluding hydrogens is 469 g/mol. The highest BCUT2D eigenvalue weighted by Crippen LogP contribution is 2.52. The van der Waals surface area contributed by atoms with Gasteiger partial charge >= 0.3 is 0 Å². The van der Waals surface area contributed by atoms with Crippen molar-refractivity contribution >= 4 is 20.1 Å². The zero-order valence-corrected chi connectivity index (χ0v) is 25.4. The van der Waals surface area contributed by atoms with Crippen molar-refractivity contribution in [3.05, 3.63) is 94.5 Å². The Hall–Kier alpha value is -2.44. The van der Waals surface area contributed by atoms with Crippen molar-refractivity contribution < 1.29 is 4.74 Å². The first-order chi connectivity index (χ1) is 17.4. The van der Waals surface area contributed by atoms with Crippen molar-refractivity contribution in [2.75, 3.05) is 0 Å². The van der Waals surface area contributed by atoms with Crippen molar-refractivity contribution in [1.82, 2.24) is 0 Å². The Kier molecular flexibility index (Phi) is 9.41. The molecule has 0 amide bonds. The molecule has 0 fully saturated rings. The maximum atomic E-state index is 6.78.